The van der Waals surface area contributed by atoms with Gasteiger partial charge in [0.15, 0.2) is 5.84 Å². The van der Waals surface area contributed by atoms with Crippen LogP contribution in [0.1, 0.15) is 21.5 Å². The third-order valence-electron chi connectivity index (χ3n) is 4.28. The first kappa shape index (κ1) is 17.9. The predicted molar refractivity (Wildman–Crippen MR) is 107 cm³/mol. The normalized spacial score (nSPS) is 14.1. The van der Waals surface area contributed by atoms with E-state index < -0.39 is 10.0 Å². The van der Waals surface area contributed by atoms with Crippen molar-refractivity contribution in [2.75, 3.05) is 10.6 Å². The molecule has 2 N–H and O–H groups in total. The molecule has 1 aliphatic rings. The molecule has 2 heterocycles. The molecule has 1 amide bonds. The number of sulfonamides is 1. The smallest absolute Gasteiger partial charge is 0.285 e. The molecule has 0 bridgehead atoms. The molecule has 0 fully saturated rings. The summed E-state index contributed by atoms with van der Waals surface area (Å²) in [6, 6.07) is 17.0. The minimum absolute atomic E-state index is 0.180. The third-order valence-corrected chi connectivity index (χ3v) is 5.62. The van der Waals surface area contributed by atoms with E-state index in [1.165, 1.54) is 6.07 Å². The number of aromatic nitrogens is 1. The number of carbonyl (C=O) groups is 1. The van der Waals surface area contributed by atoms with Crippen LogP contribution in [-0.4, -0.2) is 25.1 Å². The molecule has 3 aromatic rings. The molecule has 0 saturated carbocycles. The van der Waals surface area contributed by atoms with Crippen LogP contribution in [0.15, 0.2) is 76.2 Å². The van der Waals surface area contributed by atoms with Gasteiger partial charge in [-0.25, -0.2) is 4.98 Å². The highest BCUT2D eigenvalue weighted by molar-refractivity contribution is 7.90. The molecule has 0 aliphatic carbocycles. The highest BCUT2D eigenvalue weighted by Gasteiger charge is 2.28. The average Bonchev–Trinajstić information content (AvgIpc) is 2.95. The third kappa shape index (κ3) is 3.37. The molecule has 0 spiro atoms. The van der Waals surface area contributed by atoms with Crippen molar-refractivity contribution in [2.45, 2.75) is 11.8 Å². The molecule has 0 saturated heterocycles. The van der Waals surface area contributed by atoms with Gasteiger partial charge in [-0.15, -0.1) is 4.40 Å². The van der Waals surface area contributed by atoms with E-state index in [4.69, 9.17) is 0 Å². The summed E-state index contributed by atoms with van der Waals surface area (Å²) in [5, 5.41) is 5.77. The highest BCUT2D eigenvalue weighted by atomic mass is 32.2. The van der Waals surface area contributed by atoms with E-state index in [0.717, 1.165) is 5.56 Å². The summed E-state index contributed by atoms with van der Waals surface area (Å²) < 4.78 is 28.0. The Hall–Kier alpha value is -3.52. The Morgan fingerprint density at radius 2 is 1.71 bits per heavy atom. The minimum atomic E-state index is -3.68. The van der Waals surface area contributed by atoms with Gasteiger partial charge in [0.25, 0.3) is 15.9 Å². The van der Waals surface area contributed by atoms with E-state index in [2.05, 4.69) is 20.0 Å². The molecule has 4 rings (SSSR count). The first-order chi connectivity index (χ1) is 13.4. The van der Waals surface area contributed by atoms with E-state index in [1.807, 2.05) is 13.0 Å². The van der Waals surface area contributed by atoms with Crippen molar-refractivity contribution >= 4 is 33.3 Å². The van der Waals surface area contributed by atoms with Gasteiger partial charge < -0.3 is 10.6 Å². The van der Waals surface area contributed by atoms with Crippen LogP contribution in [0.3, 0.4) is 0 Å². The van der Waals surface area contributed by atoms with E-state index in [0.29, 0.717) is 22.6 Å². The zero-order chi connectivity index (χ0) is 19.7. The van der Waals surface area contributed by atoms with E-state index >= 15 is 0 Å². The highest BCUT2D eigenvalue weighted by Crippen LogP contribution is 2.26. The summed E-state index contributed by atoms with van der Waals surface area (Å²) in [7, 11) is -3.68. The number of hydrogen-bond donors (Lipinski definition) is 2. The Labute approximate surface area is 162 Å². The summed E-state index contributed by atoms with van der Waals surface area (Å²) in [5.74, 6) is 0.494. The molecule has 0 unspecified atom stereocenters. The fraction of sp³-hybridized carbons (Fsp3) is 0.0500. The fourth-order valence-electron chi connectivity index (χ4n) is 2.83. The number of carbonyl (C=O) groups excluding carboxylic acids is 1. The van der Waals surface area contributed by atoms with Gasteiger partial charge in [0, 0.05) is 23.0 Å². The van der Waals surface area contributed by atoms with Crippen molar-refractivity contribution in [3.8, 4) is 0 Å². The summed E-state index contributed by atoms with van der Waals surface area (Å²) in [6.07, 6.45) is 1.61. The number of pyridine rings is 1. The molecular formula is C20H16N4O3S. The van der Waals surface area contributed by atoms with Gasteiger partial charge >= 0.3 is 0 Å². The van der Waals surface area contributed by atoms with Gasteiger partial charge in [-0.2, -0.15) is 8.42 Å². The van der Waals surface area contributed by atoms with Gasteiger partial charge in [-0.1, -0.05) is 18.2 Å². The predicted octanol–water partition coefficient (Wildman–Crippen LogP) is 3.20. The van der Waals surface area contributed by atoms with Crippen molar-refractivity contribution < 1.29 is 13.2 Å². The van der Waals surface area contributed by atoms with E-state index in [9.17, 15) is 13.2 Å². The Morgan fingerprint density at radius 3 is 2.46 bits per heavy atom. The number of nitrogens with one attached hydrogen (secondary N) is 2. The monoisotopic (exact) mass is 392 g/mol. The Kier molecular flexibility index (Phi) is 4.40. The van der Waals surface area contributed by atoms with Gasteiger partial charge in [0.1, 0.15) is 10.7 Å². The summed E-state index contributed by atoms with van der Waals surface area (Å²) in [4.78, 5) is 16.7. The molecule has 2 aromatic carbocycles. The minimum Gasteiger partial charge on any atom is -0.339 e. The van der Waals surface area contributed by atoms with Crippen molar-refractivity contribution in [1.29, 1.82) is 0 Å². The first-order valence-electron chi connectivity index (χ1n) is 8.48. The number of fused-ring (bicyclic) bond motifs is 1. The lowest BCUT2D eigenvalue weighted by Crippen LogP contribution is -2.14. The number of rotatable bonds is 3. The Bertz CT molecular complexity index is 1200. The van der Waals surface area contributed by atoms with Crippen LogP contribution in [0.4, 0.5) is 11.5 Å². The van der Waals surface area contributed by atoms with Crippen molar-refractivity contribution in [3.05, 3.63) is 83.6 Å². The second kappa shape index (κ2) is 6.90. The molecule has 7 nitrogen and oxygen atoms in total. The lowest BCUT2D eigenvalue weighted by molar-refractivity contribution is 0.102. The molecule has 140 valence electrons. The first-order valence-corrected chi connectivity index (χ1v) is 9.92. The molecule has 1 aliphatic heterocycles. The van der Waals surface area contributed by atoms with Crippen LogP contribution < -0.4 is 10.6 Å². The lowest BCUT2D eigenvalue weighted by atomic mass is 10.1. The quantitative estimate of drug-likeness (QED) is 0.713. The molecule has 28 heavy (non-hydrogen) atoms. The lowest BCUT2D eigenvalue weighted by Gasteiger charge is -2.09. The van der Waals surface area contributed by atoms with Crippen LogP contribution in [0.2, 0.25) is 0 Å². The standard InChI is InChI=1S/C20H16N4O3S/c1-13-5-4-12-21-18(13)23-20(25)14-8-10-15(11-9-14)22-19-16-6-2-3-7-17(16)28(26,27)24-19/h2-12H,1H3,(H,22,24)(H,21,23,25). The average molecular weight is 392 g/mol. The molecule has 0 radical (unpaired) electrons. The van der Waals surface area contributed by atoms with Gasteiger partial charge in [-0.05, 0) is 55.0 Å². The van der Waals surface area contributed by atoms with Crippen LogP contribution in [0, 0.1) is 6.92 Å². The Morgan fingerprint density at radius 1 is 0.964 bits per heavy atom. The summed E-state index contributed by atoms with van der Waals surface area (Å²) in [5.41, 5.74) is 2.47. The van der Waals surface area contributed by atoms with Crippen LogP contribution >= 0.6 is 0 Å². The molecule has 0 atom stereocenters. The second-order valence-electron chi connectivity index (χ2n) is 6.24. The second-order valence-corrected chi connectivity index (χ2v) is 7.81. The topological polar surface area (TPSA) is 101 Å². The van der Waals surface area contributed by atoms with Crippen LogP contribution in [0.5, 0.6) is 0 Å². The maximum atomic E-state index is 12.4. The maximum absolute atomic E-state index is 12.4. The number of benzene rings is 2. The number of nitrogens with zero attached hydrogens (tertiary/aromatic N) is 2. The number of anilines is 2. The summed E-state index contributed by atoms with van der Waals surface area (Å²) >= 11 is 0. The molecular weight excluding hydrogens is 376 g/mol. The fourth-order valence-corrected chi connectivity index (χ4v) is 4.01. The largest absolute Gasteiger partial charge is 0.339 e. The SMILES string of the molecule is Cc1cccnc1NC(=O)c1ccc(NC2=NS(=O)(=O)c3ccccc32)cc1. The molecule has 1 aromatic heterocycles. The zero-order valence-corrected chi connectivity index (χ0v) is 15.7. The zero-order valence-electron chi connectivity index (χ0n) is 14.9. The Balaban J connectivity index is 1.52. The van der Waals surface area contributed by atoms with Crippen molar-refractivity contribution in [1.82, 2.24) is 4.98 Å². The van der Waals surface area contributed by atoms with Crippen molar-refractivity contribution in [2.24, 2.45) is 4.40 Å². The van der Waals surface area contributed by atoms with Gasteiger partial charge in [0.05, 0.1) is 0 Å². The van der Waals surface area contributed by atoms with E-state index in [-0.39, 0.29) is 16.6 Å². The number of aryl methyl sites for hydroxylation is 1. The van der Waals surface area contributed by atoms with Crippen LogP contribution in [0.25, 0.3) is 0 Å². The van der Waals surface area contributed by atoms with Crippen molar-refractivity contribution in [3.63, 3.8) is 0 Å². The molecule has 8 heteroatoms. The maximum Gasteiger partial charge on any atom is 0.285 e. The van der Waals surface area contributed by atoms with E-state index in [1.54, 1.807) is 54.7 Å². The number of hydrogen-bond acceptors (Lipinski definition) is 5. The van der Waals surface area contributed by atoms with Crippen LogP contribution in [-0.2, 0) is 10.0 Å². The summed E-state index contributed by atoms with van der Waals surface area (Å²) in [6.45, 7) is 1.86. The number of amidine groups is 1. The van der Waals surface area contributed by atoms with Gasteiger partial charge in [-0.3, -0.25) is 4.79 Å². The number of amides is 1. The van der Waals surface area contributed by atoms with Gasteiger partial charge in [0.2, 0.25) is 0 Å².